The second-order valence-corrected chi connectivity index (χ2v) is 4.96. The first-order chi connectivity index (χ1) is 10.5. The van der Waals surface area contributed by atoms with Crippen LogP contribution < -0.4 is 5.32 Å². The van der Waals surface area contributed by atoms with E-state index in [0.717, 1.165) is 5.56 Å². The number of carbonyl (C=O) groups is 2. The van der Waals surface area contributed by atoms with Crippen LogP contribution in [0.5, 0.6) is 0 Å². The van der Waals surface area contributed by atoms with Crippen molar-refractivity contribution in [2.45, 2.75) is 20.0 Å². The fraction of sp³-hybridized carbons (Fsp3) is 0.200. The number of nitrogens with zero attached hydrogens (tertiary/aromatic N) is 2. The zero-order valence-corrected chi connectivity index (χ0v) is 12.8. The van der Waals surface area contributed by atoms with Gasteiger partial charge in [-0.3, -0.25) is 4.79 Å². The highest BCUT2D eigenvalue weighted by Crippen LogP contribution is 2.14. The van der Waals surface area contributed by atoms with Crippen LogP contribution in [0.4, 0.5) is 5.82 Å². The molecule has 1 unspecified atom stereocenters. The molecule has 2 heterocycles. The number of rotatable bonds is 4. The Balaban J connectivity index is 1.98. The zero-order chi connectivity index (χ0) is 16.1. The lowest BCUT2D eigenvalue weighted by atomic mass is 10.3. The second kappa shape index (κ2) is 7.00. The van der Waals surface area contributed by atoms with E-state index in [1.807, 2.05) is 13.0 Å². The third-order valence-electron chi connectivity index (χ3n) is 2.79. The second-order valence-electron chi connectivity index (χ2n) is 4.60. The van der Waals surface area contributed by atoms with Gasteiger partial charge in [-0.25, -0.2) is 14.8 Å². The molecule has 6 nitrogen and oxygen atoms in total. The Hall–Kier alpha value is -2.47. The molecule has 0 aliphatic rings. The number of pyridine rings is 2. The van der Waals surface area contributed by atoms with E-state index < -0.39 is 18.0 Å². The fourth-order valence-corrected chi connectivity index (χ4v) is 1.78. The van der Waals surface area contributed by atoms with Gasteiger partial charge in [0.05, 0.1) is 5.56 Å². The van der Waals surface area contributed by atoms with Gasteiger partial charge in [0.2, 0.25) is 0 Å². The summed E-state index contributed by atoms with van der Waals surface area (Å²) < 4.78 is 5.07. The van der Waals surface area contributed by atoms with Crippen molar-refractivity contribution in [1.82, 2.24) is 9.97 Å². The van der Waals surface area contributed by atoms with Gasteiger partial charge >= 0.3 is 5.97 Å². The summed E-state index contributed by atoms with van der Waals surface area (Å²) in [7, 11) is 0. The van der Waals surface area contributed by atoms with E-state index in [-0.39, 0.29) is 10.7 Å². The molecule has 0 aliphatic heterocycles. The summed E-state index contributed by atoms with van der Waals surface area (Å²) in [6.07, 6.45) is 2.09. The third-order valence-corrected chi connectivity index (χ3v) is 3.10. The third kappa shape index (κ3) is 4.02. The molecule has 0 saturated carbocycles. The molecule has 0 spiro atoms. The summed E-state index contributed by atoms with van der Waals surface area (Å²) in [5.41, 5.74) is 1.08. The Labute approximate surface area is 132 Å². The summed E-state index contributed by atoms with van der Waals surface area (Å²) >= 11 is 5.80. The van der Waals surface area contributed by atoms with Gasteiger partial charge in [0.15, 0.2) is 6.10 Å². The minimum absolute atomic E-state index is 0.0281. The van der Waals surface area contributed by atoms with Crippen molar-refractivity contribution in [2.75, 3.05) is 5.32 Å². The molecule has 0 bridgehead atoms. The highest BCUT2D eigenvalue weighted by molar-refractivity contribution is 6.32. The average molecular weight is 320 g/mol. The van der Waals surface area contributed by atoms with Crippen LogP contribution in [-0.4, -0.2) is 27.9 Å². The van der Waals surface area contributed by atoms with Crippen LogP contribution in [0.1, 0.15) is 22.8 Å². The van der Waals surface area contributed by atoms with Gasteiger partial charge in [-0.1, -0.05) is 17.7 Å². The first-order valence-corrected chi connectivity index (χ1v) is 6.90. The summed E-state index contributed by atoms with van der Waals surface area (Å²) in [6, 6.07) is 6.52. The summed E-state index contributed by atoms with van der Waals surface area (Å²) in [6.45, 7) is 3.35. The van der Waals surface area contributed by atoms with E-state index in [1.165, 1.54) is 19.2 Å². The largest absolute Gasteiger partial charge is 0.449 e. The minimum atomic E-state index is -0.994. The molecular formula is C15H14ClN3O3. The average Bonchev–Trinajstić information content (AvgIpc) is 2.49. The van der Waals surface area contributed by atoms with Gasteiger partial charge in [0, 0.05) is 12.4 Å². The quantitative estimate of drug-likeness (QED) is 0.692. The predicted molar refractivity (Wildman–Crippen MR) is 81.7 cm³/mol. The number of halogens is 1. The van der Waals surface area contributed by atoms with Crippen LogP contribution in [0.3, 0.4) is 0 Å². The van der Waals surface area contributed by atoms with Crippen LogP contribution in [0.25, 0.3) is 0 Å². The Kier molecular flexibility index (Phi) is 5.06. The standard InChI is InChI=1S/C15H14ClN3O3/c1-9-5-6-12(18-8-9)19-14(20)10(2)22-15(21)11-4-3-7-17-13(11)16/h3-8,10H,1-2H3,(H,18,19,20). The van der Waals surface area contributed by atoms with E-state index in [1.54, 1.807) is 18.3 Å². The number of anilines is 1. The molecule has 114 valence electrons. The minimum Gasteiger partial charge on any atom is -0.449 e. The molecule has 22 heavy (non-hydrogen) atoms. The van der Waals surface area contributed by atoms with Crippen molar-refractivity contribution >= 4 is 29.3 Å². The molecule has 0 saturated heterocycles. The molecule has 1 N–H and O–H groups in total. The van der Waals surface area contributed by atoms with Crippen molar-refractivity contribution in [3.05, 3.63) is 52.9 Å². The molecule has 2 aromatic heterocycles. The number of esters is 1. The summed E-state index contributed by atoms with van der Waals surface area (Å²) in [5.74, 6) is -0.805. The SMILES string of the molecule is Cc1ccc(NC(=O)C(C)OC(=O)c2cccnc2Cl)nc1. The maximum atomic E-state index is 12.0. The number of hydrogen-bond acceptors (Lipinski definition) is 5. The lowest BCUT2D eigenvalue weighted by Gasteiger charge is -2.13. The van der Waals surface area contributed by atoms with Crippen LogP contribution >= 0.6 is 11.6 Å². The van der Waals surface area contributed by atoms with Gasteiger partial charge < -0.3 is 10.1 Å². The van der Waals surface area contributed by atoms with Gasteiger partial charge in [-0.2, -0.15) is 0 Å². The molecule has 1 amide bonds. The first kappa shape index (κ1) is 15.9. The molecular weight excluding hydrogens is 306 g/mol. The maximum absolute atomic E-state index is 12.0. The smallest absolute Gasteiger partial charge is 0.342 e. The molecule has 2 aromatic rings. The Morgan fingerprint density at radius 3 is 2.68 bits per heavy atom. The molecule has 0 aromatic carbocycles. The lowest BCUT2D eigenvalue weighted by Crippen LogP contribution is -2.30. The Morgan fingerprint density at radius 1 is 1.27 bits per heavy atom. The van der Waals surface area contributed by atoms with Crippen molar-refractivity contribution in [3.63, 3.8) is 0 Å². The highest BCUT2D eigenvalue weighted by Gasteiger charge is 2.21. The number of nitrogens with one attached hydrogen (secondary N) is 1. The van der Waals surface area contributed by atoms with Gasteiger partial charge in [-0.15, -0.1) is 0 Å². The topological polar surface area (TPSA) is 81.2 Å². The van der Waals surface area contributed by atoms with Gasteiger partial charge in [0.1, 0.15) is 11.0 Å². The number of amides is 1. The van der Waals surface area contributed by atoms with Gasteiger partial charge in [0.25, 0.3) is 5.91 Å². The highest BCUT2D eigenvalue weighted by atomic mass is 35.5. The zero-order valence-electron chi connectivity index (χ0n) is 12.0. The molecule has 7 heteroatoms. The summed E-state index contributed by atoms with van der Waals surface area (Å²) in [5, 5.41) is 2.59. The van der Waals surface area contributed by atoms with Crippen LogP contribution in [-0.2, 0) is 9.53 Å². The van der Waals surface area contributed by atoms with E-state index in [4.69, 9.17) is 16.3 Å². The molecule has 0 aliphatic carbocycles. The van der Waals surface area contributed by atoms with Crippen LogP contribution in [0, 0.1) is 6.92 Å². The maximum Gasteiger partial charge on any atom is 0.342 e. The van der Waals surface area contributed by atoms with Crippen molar-refractivity contribution in [1.29, 1.82) is 0 Å². The summed E-state index contributed by atoms with van der Waals surface area (Å²) in [4.78, 5) is 31.7. The Bertz CT molecular complexity index is 689. The van der Waals surface area contributed by atoms with E-state index >= 15 is 0 Å². The van der Waals surface area contributed by atoms with E-state index in [0.29, 0.717) is 5.82 Å². The molecule has 1 atom stereocenters. The number of aromatic nitrogens is 2. The van der Waals surface area contributed by atoms with E-state index in [9.17, 15) is 9.59 Å². The number of hydrogen-bond donors (Lipinski definition) is 1. The molecule has 2 rings (SSSR count). The van der Waals surface area contributed by atoms with Crippen molar-refractivity contribution < 1.29 is 14.3 Å². The number of aryl methyl sites for hydroxylation is 1. The molecule has 0 fully saturated rings. The Morgan fingerprint density at radius 2 is 2.05 bits per heavy atom. The van der Waals surface area contributed by atoms with Gasteiger partial charge in [-0.05, 0) is 37.6 Å². The normalized spacial score (nSPS) is 11.6. The van der Waals surface area contributed by atoms with Crippen LogP contribution in [0.2, 0.25) is 5.15 Å². The first-order valence-electron chi connectivity index (χ1n) is 6.52. The lowest BCUT2D eigenvalue weighted by molar-refractivity contribution is -0.123. The van der Waals surface area contributed by atoms with Crippen LogP contribution in [0.15, 0.2) is 36.7 Å². The molecule has 0 radical (unpaired) electrons. The monoisotopic (exact) mass is 319 g/mol. The predicted octanol–water partition coefficient (Wildman–Crippen LogP) is 2.62. The van der Waals surface area contributed by atoms with Crippen molar-refractivity contribution in [2.24, 2.45) is 0 Å². The number of carbonyl (C=O) groups excluding carboxylic acids is 2. The van der Waals surface area contributed by atoms with E-state index in [2.05, 4.69) is 15.3 Å². The fourth-order valence-electron chi connectivity index (χ4n) is 1.59. The number of ether oxygens (including phenoxy) is 1. The van der Waals surface area contributed by atoms with Crippen molar-refractivity contribution in [3.8, 4) is 0 Å².